The van der Waals surface area contributed by atoms with Gasteiger partial charge in [0, 0.05) is 24.1 Å². The van der Waals surface area contributed by atoms with E-state index in [1.54, 1.807) is 6.07 Å². The van der Waals surface area contributed by atoms with Gasteiger partial charge in [-0.2, -0.15) is 0 Å². The molecule has 1 aromatic heterocycles. The smallest absolute Gasteiger partial charge is 0.241 e. The minimum absolute atomic E-state index is 0.00671. The molecule has 0 spiro atoms. The lowest BCUT2D eigenvalue weighted by Crippen LogP contribution is -2.39. The van der Waals surface area contributed by atoms with Gasteiger partial charge >= 0.3 is 0 Å². The maximum absolute atomic E-state index is 13.4. The predicted octanol–water partition coefficient (Wildman–Crippen LogP) is 4.13. The van der Waals surface area contributed by atoms with Crippen LogP contribution in [0.5, 0.6) is 0 Å². The molecular formula is C22H23FN4O. The number of carbonyl (C=O) groups is 1. The third-order valence-corrected chi connectivity index (χ3v) is 5.11. The minimum atomic E-state index is -0.260. The van der Waals surface area contributed by atoms with Gasteiger partial charge in [0.15, 0.2) is 0 Å². The Kier molecular flexibility index (Phi) is 5.21. The zero-order valence-electron chi connectivity index (χ0n) is 15.8. The molecule has 1 fully saturated rings. The van der Waals surface area contributed by atoms with Gasteiger partial charge in [-0.05, 0) is 61.7 Å². The average molecular weight is 378 g/mol. The SMILES string of the molecule is Cc1ncc(CN2CCC[C@H]2C(=O)Nc2ccc(-c3cccc(F)c3)cc2)[nH]1. The first-order chi connectivity index (χ1) is 13.6. The van der Waals surface area contributed by atoms with Crippen molar-refractivity contribution in [1.82, 2.24) is 14.9 Å². The van der Waals surface area contributed by atoms with Gasteiger partial charge < -0.3 is 10.3 Å². The molecule has 1 atom stereocenters. The Bertz CT molecular complexity index is 967. The van der Waals surface area contributed by atoms with Crippen LogP contribution in [0.15, 0.2) is 54.7 Å². The summed E-state index contributed by atoms with van der Waals surface area (Å²) in [5.74, 6) is 0.629. The van der Waals surface area contributed by atoms with Crippen molar-refractivity contribution in [3.63, 3.8) is 0 Å². The Hall–Kier alpha value is -2.99. The molecule has 5 nitrogen and oxygen atoms in total. The predicted molar refractivity (Wildman–Crippen MR) is 107 cm³/mol. The molecule has 0 bridgehead atoms. The van der Waals surface area contributed by atoms with E-state index in [9.17, 15) is 9.18 Å². The molecule has 2 N–H and O–H groups in total. The number of aromatic nitrogens is 2. The molecule has 0 radical (unpaired) electrons. The standard InChI is InChI=1S/C22H23FN4O/c1-15-24-13-20(25-15)14-27-11-3-6-21(27)22(28)26-19-9-7-16(8-10-19)17-4-2-5-18(23)12-17/h2,4-5,7-10,12-13,21H,3,6,11,14H2,1H3,(H,24,25)(H,26,28)/t21-/m0/s1. The summed E-state index contributed by atoms with van der Waals surface area (Å²) >= 11 is 0. The van der Waals surface area contributed by atoms with E-state index in [1.807, 2.05) is 43.5 Å². The summed E-state index contributed by atoms with van der Waals surface area (Å²) in [6.45, 7) is 3.51. The van der Waals surface area contributed by atoms with Crippen molar-refractivity contribution in [2.75, 3.05) is 11.9 Å². The molecule has 1 amide bonds. The largest absolute Gasteiger partial charge is 0.345 e. The Labute approximate surface area is 163 Å². The fourth-order valence-electron chi connectivity index (χ4n) is 3.72. The van der Waals surface area contributed by atoms with E-state index < -0.39 is 0 Å². The highest BCUT2D eigenvalue weighted by Gasteiger charge is 2.31. The third kappa shape index (κ3) is 4.12. The van der Waals surface area contributed by atoms with Crippen LogP contribution >= 0.6 is 0 Å². The number of aryl methyl sites for hydroxylation is 1. The van der Waals surface area contributed by atoms with Crippen molar-refractivity contribution in [3.8, 4) is 11.1 Å². The number of aromatic amines is 1. The molecule has 1 aliphatic rings. The molecule has 0 saturated carbocycles. The van der Waals surface area contributed by atoms with Gasteiger partial charge in [-0.3, -0.25) is 9.69 Å². The number of halogens is 1. The van der Waals surface area contributed by atoms with Crippen molar-refractivity contribution in [2.24, 2.45) is 0 Å². The molecule has 3 aromatic rings. The second-order valence-corrected chi connectivity index (χ2v) is 7.20. The number of imidazole rings is 1. The van der Waals surface area contributed by atoms with Gasteiger partial charge in [0.25, 0.3) is 0 Å². The zero-order valence-corrected chi connectivity index (χ0v) is 15.8. The van der Waals surface area contributed by atoms with Crippen LogP contribution in [0.2, 0.25) is 0 Å². The van der Waals surface area contributed by atoms with E-state index in [4.69, 9.17) is 0 Å². The van der Waals surface area contributed by atoms with Crippen LogP contribution in [-0.2, 0) is 11.3 Å². The van der Waals surface area contributed by atoms with Crippen molar-refractivity contribution < 1.29 is 9.18 Å². The number of likely N-dealkylation sites (tertiary alicyclic amines) is 1. The Morgan fingerprint density at radius 3 is 2.79 bits per heavy atom. The van der Waals surface area contributed by atoms with E-state index in [0.717, 1.165) is 47.7 Å². The molecule has 4 rings (SSSR count). The van der Waals surface area contributed by atoms with E-state index in [0.29, 0.717) is 6.54 Å². The monoisotopic (exact) mass is 378 g/mol. The summed E-state index contributed by atoms with van der Waals surface area (Å²) < 4.78 is 13.4. The summed E-state index contributed by atoms with van der Waals surface area (Å²) in [6.07, 6.45) is 3.68. The number of carbonyl (C=O) groups excluding carboxylic acids is 1. The van der Waals surface area contributed by atoms with Crippen LogP contribution in [0.3, 0.4) is 0 Å². The lowest BCUT2D eigenvalue weighted by atomic mass is 10.1. The number of amides is 1. The number of anilines is 1. The van der Waals surface area contributed by atoms with Crippen LogP contribution in [0, 0.1) is 12.7 Å². The molecule has 1 saturated heterocycles. The van der Waals surface area contributed by atoms with Crippen LogP contribution in [0.1, 0.15) is 24.4 Å². The third-order valence-electron chi connectivity index (χ3n) is 5.11. The van der Waals surface area contributed by atoms with Gasteiger partial charge in [-0.25, -0.2) is 9.37 Å². The summed E-state index contributed by atoms with van der Waals surface area (Å²) in [6, 6.07) is 13.8. The van der Waals surface area contributed by atoms with Crippen LogP contribution in [0.25, 0.3) is 11.1 Å². The summed E-state index contributed by atoms with van der Waals surface area (Å²) in [5.41, 5.74) is 3.50. The summed E-state index contributed by atoms with van der Waals surface area (Å²) in [5, 5.41) is 3.01. The van der Waals surface area contributed by atoms with E-state index in [2.05, 4.69) is 20.2 Å². The van der Waals surface area contributed by atoms with Gasteiger partial charge in [0.05, 0.1) is 6.04 Å². The molecule has 1 aliphatic heterocycles. The number of hydrogen-bond donors (Lipinski definition) is 2. The van der Waals surface area contributed by atoms with Crippen LogP contribution in [-0.4, -0.2) is 33.4 Å². The van der Waals surface area contributed by atoms with Crippen molar-refractivity contribution >= 4 is 11.6 Å². The second-order valence-electron chi connectivity index (χ2n) is 7.20. The number of rotatable bonds is 5. The number of benzene rings is 2. The number of hydrogen-bond acceptors (Lipinski definition) is 3. The molecule has 144 valence electrons. The minimum Gasteiger partial charge on any atom is -0.345 e. The molecule has 2 aromatic carbocycles. The highest BCUT2D eigenvalue weighted by atomic mass is 19.1. The van der Waals surface area contributed by atoms with Crippen molar-refractivity contribution in [1.29, 1.82) is 0 Å². The van der Waals surface area contributed by atoms with Crippen molar-refractivity contribution in [3.05, 3.63) is 72.1 Å². The van der Waals surface area contributed by atoms with Crippen molar-refractivity contribution in [2.45, 2.75) is 32.4 Å². The molecular weight excluding hydrogens is 355 g/mol. The Morgan fingerprint density at radius 2 is 2.07 bits per heavy atom. The lowest BCUT2D eigenvalue weighted by molar-refractivity contribution is -0.120. The zero-order chi connectivity index (χ0) is 19.5. The van der Waals surface area contributed by atoms with Gasteiger partial charge in [-0.15, -0.1) is 0 Å². The fourth-order valence-corrected chi connectivity index (χ4v) is 3.72. The van der Waals surface area contributed by atoms with Crippen LogP contribution < -0.4 is 5.32 Å². The average Bonchev–Trinajstić information content (AvgIpc) is 3.31. The van der Waals surface area contributed by atoms with Gasteiger partial charge in [0.2, 0.25) is 5.91 Å². The quantitative estimate of drug-likeness (QED) is 0.702. The lowest BCUT2D eigenvalue weighted by Gasteiger charge is -2.23. The number of H-pyrrole nitrogens is 1. The first-order valence-corrected chi connectivity index (χ1v) is 9.50. The number of nitrogens with zero attached hydrogens (tertiary/aromatic N) is 2. The topological polar surface area (TPSA) is 61.0 Å². The Morgan fingerprint density at radius 1 is 1.25 bits per heavy atom. The second kappa shape index (κ2) is 7.94. The number of nitrogens with one attached hydrogen (secondary N) is 2. The highest BCUT2D eigenvalue weighted by molar-refractivity contribution is 5.95. The summed E-state index contributed by atoms with van der Waals surface area (Å²) in [7, 11) is 0. The highest BCUT2D eigenvalue weighted by Crippen LogP contribution is 2.24. The summed E-state index contributed by atoms with van der Waals surface area (Å²) in [4.78, 5) is 22.4. The maximum atomic E-state index is 13.4. The molecule has 28 heavy (non-hydrogen) atoms. The van der Waals surface area contributed by atoms with E-state index in [1.165, 1.54) is 12.1 Å². The van der Waals surface area contributed by atoms with Crippen LogP contribution in [0.4, 0.5) is 10.1 Å². The molecule has 0 unspecified atom stereocenters. The normalized spacial score (nSPS) is 17.0. The molecule has 2 heterocycles. The van der Waals surface area contributed by atoms with E-state index >= 15 is 0 Å². The first kappa shape index (κ1) is 18.4. The fraction of sp³-hybridized carbons (Fsp3) is 0.273. The first-order valence-electron chi connectivity index (χ1n) is 9.50. The molecule has 0 aliphatic carbocycles. The Balaban J connectivity index is 1.41. The molecule has 6 heteroatoms. The van der Waals surface area contributed by atoms with Gasteiger partial charge in [-0.1, -0.05) is 24.3 Å². The van der Waals surface area contributed by atoms with Gasteiger partial charge in [0.1, 0.15) is 11.6 Å². The van der Waals surface area contributed by atoms with E-state index in [-0.39, 0.29) is 17.8 Å². The maximum Gasteiger partial charge on any atom is 0.241 e.